The van der Waals surface area contributed by atoms with Crippen LogP contribution in [-0.4, -0.2) is 79.7 Å². The lowest BCUT2D eigenvalue weighted by Gasteiger charge is -2.31. The first-order valence-electron chi connectivity index (χ1n) is 12.5. The fourth-order valence-corrected chi connectivity index (χ4v) is 4.57. The van der Waals surface area contributed by atoms with E-state index in [0.717, 1.165) is 25.9 Å². The summed E-state index contributed by atoms with van der Waals surface area (Å²) in [6.45, 7) is 6.46. The van der Waals surface area contributed by atoms with Gasteiger partial charge in [-0.05, 0) is 36.2 Å². The Bertz CT molecular complexity index is 1110. The number of hydrogen-bond donors (Lipinski definition) is 1. The molecule has 0 bridgehead atoms. The van der Waals surface area contributed by atoms with Gasteiger partial charge in [0.2, 0.25) is 0 Å². The number of ether oxygens (including phenoxy) is 3. The van der Waals surface area contributed by atoms with Gasteiger partial charge < -0.3 is 24.2 Å². The summed E-state index contributed by atoms with van der Waals surface area (Å²) >= 11 is 0. The Labute approximate surface area is 212 Å². The van der Waals surface area contributed by atoms with Crippen molar-refractivity contribution in [3.63, 3.8) is 0 Å². The van der Waals surface area contributed by atoms with E-state index >= 15 is 0 Å². The van der Waals surface area contributed by atoms with E-state index in [0.29, 0.717) is 55.5 Å². The van der Waals surface area contributed by atoms with Gasteiger partial charge in [0.1, 0.15) is 17.3 Å². The maximum Gasteiger partial charge on any atom is 0.295 e. The SMILES string of the molecule is CCCCOc1cccc(/C(O)=C2\C(=O)C(=O)N(CCN3CCOCC3)C2c2cccc(OC)c2)c1. The fraction of sp³-hybridized carbons (Fsp3) is 0.429. The highest BCUT2D eigenvalue weighted by Gasteiger charge is 2.46. The number of amides is 1. The van der Waals surface area contributed by atoms with E-state index in [2.05, 4.69) is 11.8 Å². The van der Waals surface area contributed by atoms with Crippen LogP contribution in [0, 0.1) is 0 Å². The molecule has 2 aliphatic heterocycles. The summed E-state index contributed by atoms with van der Waals surface area (Å²) < 4.78 is 16.6. The molecule has 2 aliphatic rings. The number of rotatable bonds is 10. The second-order valence-corrected chi connectivity index (χ2v) is 8.95. The predicted molar refractivity (Wildman–Crippen MR) is 136 cm³/mol. The van der Waals surface area contributed by atoms with Crippen LogP contribution in [0.25, 0.3) is 5.76 Å². The van der Waals surface area contributed by atoms with Crippen molar-refractivity contribution in [1.82, 2.24) is 9.80 Å². The van der Waals surface area contributed by atoms with Crippen molar-refractivity contribution in [2.75, 3.05) is 53.1 Å². The number of benzene rings is 2. The molecule has 8 heteroatoms. The Hall–Kier alpha value is -3.36. The Morgan fingerprint density at radius 1 is 1.06 bits per heavy atom. The molecule has 0 radical (unpaired) electrons. The van der Waals surface area contributed by atoms with Crippen LogP contribution in [0.15, 0.2) is 54.1 Å². The number of Topliss-reactive ketones (excluding diaryl/α,β-unsaturated/α-hetero) is 1. The number of hydrogen-bond acceptors (Lipinski definition) is 7. The van der Waals surface area contributed by atoms with Crippen LogP contribution >= 0.6 is 0 Å². The van der Waals surface area contributed by atoms with Gasteiger partial charge in [-0.15, -0.1) is 0 Å². The van der Waals surface area contributed by atoms with Gasteiger partial charge in [-0.3, -0.25) is 14.5 Å². The number of carbonyl (C=O) groups is 2. The molecule has 2 saturated heterocycles. The molecule has 192 valence electrons. The molecular formula is C28H34N2O6. The van der Waals surface area contributed by atoms with Crippen molar-refractivity contribution >= 4 is 17.4 Å². The molecule has 1 unspecified atom stereocenters. The summed E-state index contributed by atoms with van der Waals surface area (Å²) in [6.07, 6.45) is 1.93. The number of unbranched alkanes of at least 4 members (excludes halogenated alkanes) is 1. The van der Waals surface area contributed by atoms with E-state index in [-0.39, 0.29) is 11.3 Å². The number of methoxy groups -OCH3 is 1. The van der Waals surface area contributed by atoms with Crippen LogP contribution in [0.3, 0.4) is 0 Å². The molecule has 1 N–H and O–H groups in total. The van der Waals surface area contributed by atoms with Crippen molar-refractivity contribution in [3.05, 3.63) is 65.2 Å². The molecular weight excluding hydrogens is 460 g/mol. The van der Waals surface area contributed by atoms with Gasteiger partial charge in [0.05, 0.1) is 38.5 Å². The minimum Gasteiger partial charge on any atom is -0.507 e. The highest BCUT2D eigenvalue weighted by molar-refractivity contribution is 6.46. The average molecular weight is 495 g/mol. The highest BCUT2D eigenvalue weighted by Crippen LogP contribution is 2.40. The summed E-state index contributed by atoms with van der Waals surface area (Å²) in [5, 5.41) is 11.4. The van der Waals surface area contributed by atoms with Crippen molar-refractivity contribution in [2.24, 2.45) is 0 Å². The van der Waals surface area contributed by atoms with Crippen LogP contribution in [0.4, 0.5) is 0 Å². The van der Waals surface area contributed by atoms with Crippen LogP contribution < -0.4 is 9.47 Å². The van der Waals surface area contributed by atoms with Crippen molar-refractivity contribution < 1.29 is 28.9 Å². The molecule has 2 heterocycles. The Morgan fingerprint density at radius 3 is 2.56 bits per heavy atom. The van der Waals surface area contributed by atoms with Crippen LogP contribution in [0.2, 0.25) is 0 Å². The van der Waals surface area contributed by atoms with Crippen molar-refractivity contribution in [3.8, 4) is 11.5 Å². The molecule has 2 aromatic carbocycles. The van der Waals surface area contributed by atoms with E-state index in [4.69, 9.17) is 14.2 Å². The molecule has 8 nitrogen and oxygen atoms in total. The summed E-state index contributed by atoms with van der Waals surface area (Å²) in [7, 11) is 1.57. The molecule has 1 amide bonds. The Morgan fingerprint density at radius 2 is 1.81 bits per heavy atom. The molecule has 2 fully saturated rings. The quantitative estimate of drug-likeness (QED) is 0.234. The first-order valence-corrected chi connectivity index (χ1v) is 12.5. The van der Waals surface area contributed by atoms with Crippen LogP contribution in [0.1, 0.15) is 36.9 Å². The van der Waals surface area contributed by atoms with E-state index in [1.165, 1.54) is 0 Å². The van der Waals surface area contributed by atoms with E-state index in [1.807, 2.05) is 18.2 Å². The summed E-state index contributed by atoms with van der Waals surface area (Å²) in [4.78, 5) is 30.3. The third-order valence-electron chi connectivity index (χ3n) is 6.58. The van der Waals surface area contributed by atoms with Crippen molar-refractivity contribution in [1.29, 1.82) is 0 Å². The zero-order chi connectivity index (χ0) is 25.5. The molecule has 0 aromatic heterocycles. The first-order chi connectivity index (χ1) is 17.5. The molecule has 2 aromatic rings. The van der Waals surface area contributed by atoms with E-state index in [9.17, 15) is 14.7 Å². The van der Waals surface area contributed by atoms with Crippen LogP contribution in [-0.2, 0) is 14.3 Å². The molecule has 1 atom stereocenters. The van der Waals surface area contributed by atoms with Gasteiger partial charge in [-0.1, -0.05) is 37.6 Å². The molecule has 0 aliphatic carbocycles. The van der Waals surface area contributed by atoms with Crippen molar-refractivity contribution in [2.45, 2.75) is 25.8 Å². The monoisotopic (exact) mass is 494 g/mol. The van der Waals surface area contributed by atoms with Crippen LogP contribution in [0.5, 0.6) is 11.5 Å². The number of aliphatic hydroxyl groups excluding tert-OH is 1. The minimum absolute atomic E-state index is 0.0703. The van der Waals surface area contributed by atoms with Gasteiger partial charge in [0.25, 0.3) is 11.7 Å². The predicted octanol–water partition coefficient (Wildman–Crippen LogP) is 3.63. The molecule has 4 rings (SSSR count). The maximum atomic E-state index is 13.3. The number of ketones is 1. The largest absolute Gasteiger partial charge is 0.507 e. The second kappa shape index (κ2) is 12.1. The van der Waals surface area contributed by atoms with Gasteiger partial charge in [0, 0.05) is 31.7 Å². The normalized spacial score (nSPS) is 20.1. The van der Waals surface area contributed by atoms with E-state index in [1.54, 1.807) is 42.3 Å². The summed E-state index contributed by atoms with van der Waals surface area (Å²) in [5.41, 5.74) is 1.21. The third-order valence-corrected chi connectivity index (χ3v) is 6.58. The lowest BCUT2D eigenvalue weighted by molar-refractivity contribution is -0.140. The zero-order valence-electron chi connectivity index (χ0n) is 20.9. The minimum atomic E-state index is -0.731. The average Bonchev–Trinajstić information content (AvgIpc) is 3.17. The maximum absolute atomic E-state index is 13.3. The lowest BCUT2D eigenvalue weighted by atomic mass is 9.95. The first kappa shape index (κ1) is 25.7. The molecule has 36 heavy (non-hydrogen) atoms. The smallest absolute Gasteiger partial charge is 0.295 e. The van der Waals surface area contributed by atoms with Gasteiger partial charge in [-0.2, -0.15) is 0 Å². The number of nitrogens with zero attached hydrogens (tertiary/aromatic N) is 2. The fourth-order valence-electron chi connectivity index (χ4n) is 4.57. The molecule has 0 saturated carbocycles. The second-order valence-electron chi connectivity index (χ2n) is 8.95. The number of morpholine rings is 1. The van der Waals surface area contributed by atoms with E-state index < -0.39 is 17.7 Å². The number of likely N-dealkylation sites (tertiary alicyclic amines) is 1. The van der Waals surface area contributed by atoms with Gasteiger partial charge in [0.15, 0.2) is 0 Å². The topological polar surface area (TPSA) is 88.5 Å². The summed E-state index contributed by atoms with van der Waals surface area (Å²) in [6, 6.07) is 13.5. The van der Waals surface area contributed by atoms with Gasteiger partial charge in [-0.25, -0.2) is 0 Å². The Balaban J connectivity index is 1.71. The van der Waals surface area contributed by atoms with Gasteiger partial charge >= 0.3 is 0 Å². The third kappa shape index (κ3) is 5.71. The number of carbonyl (C=O) groups excluding carboxylic acids is 2. The Kier molecular flexibility index (Phi) is 8.61. The standard InChI is InChI=1S/C28H34N2O6/c1-3-4-15-36-23-10-6-8-21(19-23)26(31)24-25(20-7-5-9-22(18-20)34-2)30(28(33)27(24)32)12-11-29-13-16-35-17-14-29/h5-10,18-19,25,31H,3-4,11-17H2,1-2H3/b26-24+. The lowest BCUT2D eigenvalue weighted by Crippen LogP contribution is -2.42. The summed E-state index contributed by atoms with van der Waals surface area (Å²) in [5.74, 6) is -0.312. The zero-order valence-corrected chi connectivity index (χ0v) is 20.9. The number of aliphatic hydroxyl groups is 1. The highest BCUT2D eigenvalue weighted by atomic mass is 16.5. The molecule has 0 spiro atoms.